The molecule has 0 amide bonds. The predicted molar refractivity (Wildman–Crippen MR) is 279 cm³/mol. The zero-order valence-electron chi connectivity index (χ0n) is 39.7. The van der Waals surface area contributed by atoms with E-state index in [4.69, 9.17) is 0 Å². The Kier molecular flexibility index (Phi) is 8.19. The number of nitrogens with zero attached hydrogens (tertiary/aromatic N) is 1. The average molecular weight is 866 g/mol. The highest BCUT2D eigenvalue weighted by Crippen LogP contribution is 2.64. The fourth-order valence-corrected chi connectivity index (χ4v) is 15.3. The fourth-order valence-electron chi connectivity index (χ4n) is 15.3. The lowest BCUT2D eigenvalue weighted by atomic mass is 9.48. The van der Waals surface area contributed by atoms with Crippen LogP contribution >= 0.6 is 0 Å². The van der Waals surface area contributed by atoms with Crippen molar-refractivity contribution in [3.05, 3.63) is 220 Å². The van der Waals surface area contributed by atoms with E-state index in [1.165, 1.54) is 133 Å². The lowest BCUT2D eigenvalue weighted by Gasteiger charge is -2.57. The van der Waals surface area contributed by atoms with E-state index < -0.39 is 5.41 Å². The SMILES string of the molecule is CC(C)(C)c1ccc2c(c1)C1(c3ccccc3-c3ccc(N(c4ccc(-c5ccc(C67CC8CC(CC(C8)C6)C7)cc5)cc4)c4ccc5c(c4)C(C)(C)c4ccccc4-5)cc31)c1ccccc1-2. The minimum absolute atomic E-state index is 0.00817. The maximum absolute atomic E-state index is 2.55. The Balaban J connectivity index is 0.926. The van der Waals surface area contributed by atoms with Crippen molar-refractivity contribution in [1.82, 2.24) is 0 Å². The van der Waals surface area contributed by atoms with E-state index in [9.17, 15) is 0 Å². The van der Waals surface area contributed by atoms with Crippen LogP contribution in [0.1, 0.15) is 118 Å². The summed E-state index contributed by atoms with van der Waals surface area (Å²) in [4.78, 5) is 2.53. The molecule has 15 rings (SSSR count). The molecule has 0 saturated heterocycles. The highest BCUT2D eigenvalue weighted by atomic mass is 15.1. The molecule has 0 aliphatic heterocycles. The van der Waals surface area contributed by atoms with Crippen LogP contribution < -0.4 is 4.90 Å². The Morgan fingerprint density at radius 2 is 0.821 bits per heavy atom. The van der Waals surface area contributed by atoms with Gasteiger partial charge in [-0.05, 0) is 193 Å². The lowest BCUT2D eigenvalue weighted by Crippen LogP contribution is -2.48. The molecule has 67 heavy (non-hydrogen) atoms. The summed E-state index contributed by atoms with van der Waals surface area (Å²) in [5, 5.41) is 0. The Labute approximate surface area is 397 Å². The number of hydrogen-bond acceptors (Lipinski definition) is 1. The van der Waals surface area contributed by atoms with Gasteiger partial charge < -0.3 is 4.90 Å². The van der Waals surface area contributed by atoms with Crippen molar-refractivity contribution in [2.24, 2.45) is 17.8 Å². The summed E-state index contributed by atoms with van der Waals surface area (Å²) in [5.74, 6) is 2.85. The van der Waals surface area contributed by atoms with Crippen LogP contribution in [-0.2, 0) is 21.7 Å². The first-order valence-electron chi connectivity index (χ1n) is 25.2. The maximum atomic E-state index is 2.55. The van der Waals surface area contributed by atoms with Gasteiger partial charge in [0.25, 0.3) is 0 Å². The van der Waals surface area contributed by atoms with E-state index in [2.05, 4.69) is 215 Å². The summed E-state index contributed by atoms with van der Waals surface area (Å²) in [6.45, 7) is 11.8. The average Bonchev–Trinajstić information content (AvgIpc) is 3.89. The first-order chi connectivity index (χ1) is 32.5. The van der Waals surface area contributed by atoms with Crippen molar-refractivity contribution < 1.29 is 0 Å². The summed E-state index contributed by atoms with van der Waals surface area (Å²) in [7, 11) is 0. The zero-order chi connectivity index (χ0) is 45.0. The maximum Gasteiger partial charge on any atom is 0.0726 e. The molecule has 1 unspecified atom stereocenters. The van der Waals surface area contributed by atoms with E-state index >= 15 is 0 Å². The van der Waals surface area contributed by atoms with Gasteiger partial charge >= 0.3 is 0 Å². The van der Waals surface area contributed by atoms with Gasteiger partial charge in [0.05, 0.1) is 5.41 Å². The van der Waals surface area contributed by atoms with E-state index in [0.29, 0.717) is 5.41 Å². The van der Waals surface area contributed by atoms with Crippen molar-refractivity contribution in [3.63, 3.8) is 0 Å². The van der Waals surface area contributed by atoms with Crippen LogP contribution in [0.3, 0.4) is 0 Å². The Bertz CT molecular complexity index is 3290. The van der Waals surface area contributed by atoms with Gasteiger partial charge in [-0.15, -0.1) is 0 Å². The third-order valence-electron chi connectivity index (χ3n) is 18.0. The molecule has 8 aromatic rings. The highest BCUT2D eigenvalue weighted by Gasteiger charge is 2.53. The molecule has 0 radical (unpaired) electrons. The number of benzene rings is 8. The molecule has 0 N–H and O–H groups in total. The smallest absolute Gasteiger partial charge is 0.0726 e. The van der Waals surface area contributed by atoms with Crippen LogP contribution in [0.2, 0.25) is 0 Å². The second-order valence-electron chi connectivity index (χ2n) is 23.1. The van der Waals surface area contributed by atoms with Crippen molar-refractivity contribution >= 4 is 17.1 Å². The van der Waals surface area contributed by atoms with Gasteiger partial charge in [0.1, 0.15) is 0 Å². The number of rotatable bonds is 5. The molecule has 7 aliphatic carbocycles. The van der Waals surface area contributed by atoms with Crippen LogP contribution in [0.4, 0.5) is 17.1 Å². The second kappa shape index (κ2) is 13.8. The minimum Gasteiger partial charge on any atom is -0.310 e. The van der Waals surface area contributed by atoms with Gasteiger partial charge in [0.15, 0.2) is 0 Å². The molecule has 1 nitrogen and oxygen atoms in total. The van der Waals surface area contributed by atoms with Gasteiger partial charge in [-0.1, -0.05) is 174 Å². The minimum atomic E-state index is -0.450. The summed E-state index contributed by atoms with van der Waals surface area (Å²) < 4.78 is 0. The van der Waals surface area contributed by atoms with Gasteiger partial charge in [0, 0.05) is 22.5 Å². The largest absolute Gasteiger partial charge is 0.310 e. The summed E-state index contributed by atoms with van der Waals surface area (Å²) >= 11 is 0. The first-order valence-corrected chi connectivity index (χ1v) is 25.2. The number of hydrogen-bond donors (Lipinski definition) is 0. The normalized spacial score (nSPS) is 23.9. The molecule has 328 valence electrons. The summed E-state index contributed by atoms with van der Waals surface area (Å²) in [6, 6.07) is 68.6. The third-order valence-corrected chi connectivity index (χ3v) is 18.0. The lowest BCUT2D eigenvalue weighted by molar-refractivity contribution is -0.00518. The van der Waals surface area contributed by atoms with Crippen LogP contribution in [0, 0.1) is 17.8 Å². The molecular formula is C66H59N. The fraction of sp³-hybridized carbons (Fsp3) is 0.273. The van der Waals surface area contributed by atoms with E-state index in [-0.39, 0.29) is 10.8 Å². The highest BCUT2D eigenvalue weighted by molar-refractivity contribution is 5.97. The van der Waals surface area contributed by atoms with Crippen LogP contribution in [0.25, 0.3) is 44.5 Å². The third kappa shape index (κ3) is 5.55. The predicted octanol–water partition coefficient (Wildman–Crippen LogP) is 17.2. The molecule has 1 heteroatoms. The van der Waals surface area contributed by atoms with Gasteiger partial charge in [0.2, 0.25) is 0 Å². The molecule has 0 aromatic heterocycles. The van der Waals surface area contributed by atoms with Crippen LogP contribution in [0.15, 0.2) is 176 Å². The quantitative estimate of drug-likeness (QED) is 0.167. The second-order valence-corrected chi connectivity index (χ2v) is 23.1. The van der Waals surface area contributed by atoms with Crippen molar-refractivity contribution in [2.75, 3.05) is 4.90 Å². The van der Waals surface area contributed by atoms with E-state index in [1.807, 2.05) is 0 Å². The van der Waals surface area contributed by atoms with E-state index in [0.717, 1.165) is 23.4 Å². The number of fused-ring (bicyclic) bond motifs is 13. The molecule has 4 fully saturated rings. The molecule has 1 atom stereocenters. The molecule has 4 saturated carbocycles. The molecule has 1 spiro atoms. The van der Waals surface area contributed by atoms with E-state index in [1.54, 1.807) is 5.56 Å². The van der Waals surface area contributed by atoms with Gasteiger partial charge in [-0.2, -0.15) is 0 Å². The molecule has 8 aromatic carbocycles. The number of anilines is 3. The standard InChI is InChI=1S/C66H59N/c1-63(2,3)47-24-29-55-52-13-7-10-16-58(52)66(61(55)35-47)59-17-11-8-14-53(59)56-31-28-50(37-62(56)66)67(49-27-30-54-51-12-6-9-15-57(51)64(4,5)60(54)36-49)48-25-20-45(21-26-48)44-18-22-46(23-19-44)65-38-41-32-42(39-65)34-43(33-41)40-65/h6-31,35-37,41-43H,32-34,38-40H2,1-5H3. The Morgan fingerprint density at radius 3 is 1.37 bits per heavy atom. The first kappa shape index (κ1) is 39.7. The molecule has 7 aliphatic rings. The molecule has 4 bridgehead atoms. The summed E-state index contributed by atoms with van der Waals surface area (Å²) in [6.07, 6.45) is 8.67. The van der Waals surface area contributed by atoms with Gasteiger partial charge in [-0.25, -0.2) is 0 Å². The van der Waals surface area contributed by atoms with Crippen LogP contribution in [0.5, 0.6) is 0 Å². The molecular weight excluding hydrogens is 807 g/mol. The van der Waals surface area contributed by atoms with Crippen molar-refractivity contribution in [2.45, 2.75) is 94.8 Å². The Morgan fingerprint density at radius 1 is 0.403 bits per heavy atom. The van der Waals surface area contributed by atoms with Gasteiger partial charge in [-0.3, -0.25) is 0 Å². The van der Waals surface area contributed by atoms with Crippen molar-refractivity contribution in [3.8, 4) is 44.5 Å². The Hall–Kier alpha value is -6.44. The monoisotopic (exact) mass is 865 g/mol. The van der Waals surface area contributed by atoms with Crippen molar-refractivity contribution in [1.29, 1.82) is 0 Å². The topological polar surface area (TPSA) is 3.24 Å². The van der Waals surface area contributed by atoms with Crippen LogP contribution in [-0.4, -0.2) is 0 Å². The zero-order valence-corrected chi connectivity index (χ0v) is 39.7. The summed E-state index contributed by atoms with van der Waals surface area (Å²) in [5.41, 5.74) is 25.2. The molecule has 0 heterocycles.